The van der Waals surface area contributed by atoms with Crippen molar-refractivity contribution in [2.45, 2.75) is 33.2 Å². The van der Waals surface area contributed by atoms with Gasteiger partial charge < -0.3 is 10.6 Å². The van der Waals surface area contributed by atoms with Gasteiger partial charge >= 0.3 is 0 Å². The molecular weight excluding hydrogens is 299 g/mol. The third kappa shape index (κ3) is 4.74. The van der Waals surface area contributed by atoms with Crippen LogP contribution in [0.25, 0.3) is 0 Å². The molecule has 2 N–H and O–H groups in total. The molecule has 0 atom stereocenters. The van der Waals surface area contributed by atoms with E-state index in [-0.39, 0.29) is 11.7 Å². The standard InChI is InChI=1S/C13H18BrFN2O/c1-8(2)16-5-4-13(18)17-12-7-10(14)11(15)6-9(12)3/h6-8,16H,4-5H2,1-3H3,(H,17,18). The van der Waals surface area contributed by atoms with Crippen LogP contribution in [0, 0.1) is 12.7 Å². The SMILES string of the molecule is Cc1cc(F)c(Br)cc1NC(=O)CCNC(C)C. The summed E-state index contributed by atoms with van der Waals surface area (Å²) in [5.41, 5.74) is 1.35. The minimum atomic E-state index is -0.327. The first-order chi connectivity index (χ1) is 8.40. The summed E-state index contributed by atoms with van der Waals surface area (Å²) >= 11 is 3.10. The number of anilines is 1. The highest BCUT2D eigenvalue weighted by atomic mass is 79.9. The van der Waals surface area contributed by atoms with Gasteiger partial charge in [-0.1, -0.05) is 13.8 Å². The van der Waals surface area contributed by atoms with Crippen LogP contribution < -0.4 is 10.6 Å². The van der Waals surface area contributed by atoms with Crippen molar-refractivity contribution in [2.75, 3.05) is 11.9 Å². The number of carbonyl (C=O) groups is 1. The Morgan fingerprint density at radius 1 is 1.44 bits per heavy atom. The Labute approximate surface area is 115 Å². The van der Waals surface area contributed by atoms with Gasteiger partial charge in [0, 0.05) is 24.7 Å². The molecule has 0 fully saturated rings. The second kappa shape index (κ2) is 6.85. The molecule has 18 heavy (non-hydrogen) atoms. The molecule has 0 heterocycles. The number of rotatable bonds is 5. The van der Waals surface area contributed by atoms with Gasteiger partial charge in [-0.25, -0.2) is 4.39 Å². The molecule has 0 saturated heterocycles. The maximum Gasteiger partial charge on any atom is 0.225 e. The maximum absolute atomic E-state index is 13.2. The van der Waals surface area contributed by atoms with Crippen molar-refractivity contribution in [3.63, 3.8) is 0 Å². The van der Waals surface area contributed by atoms with Crippen LogP contribution in [0.5, 0.6) is 0 Å². The highest BCUT2D eigenvalue weighted by molar-refractivity contribution is 9.10. The number of amides is 1. The van der Waals surface area contributed by atoms with Crippen molar-refractivity contribution in [3.05, 3.63) is 28.0 Å². The van der Waals surface area contributed by atoms with E-state index >= 15 is 0 Å². The van der Waals surface area contributed by atoms with Crippen LogP contribution in [-0.4, -0.2) is 18.5 Å². The zero-order chi connectivity index (χ0) is 13.7. The summed E-state index contributed by atoms with van der Waals surface area (Å²) in [4.78, 5) is 11.7. The fourth-order valence-corrected chi connectivity index (χ4v) is 1.81. The number of nitrogens with one attached hydrogen (secondary N) is 2. The Morgan fingerprint density at radius 2 is 2.11 bits per heavy atom. The summed E-state index contributed by atoms with van der Waals surface area (Å²) < 4.78 is 13.6. The molecule has 1 rings (SSSR count). The van der Waals surface area contributed by atoms with Crippen molar-refractivity contribution < 1.29 is 9.18 Å². The van der Waals surface area contributed by atoms with Gasteiger partial charge in [0.1, 0.15) is 5.82 Å². The van der Waals surface area contributed by atoms with E-state index in [1.807, 2.05) is 13.8 Å². The molecule has 0 aromatic heterocycles. The summed E-state index contributed by atoms with van der Waals surface area (Å²) in [6.45, 7) is 6.45. The van der Waals surface area contributed by atoms with E-state index in [1.54, 1.807) is 13.0 Å². The number of benzene rings is 1. The molecule has 5 heteroatoms. The van der Waals surface area contributed by atoms with Crippen LogP contribution >= 0.6 is 15.9 Å². The van der Waals surface area contributed by atoms with E-state index < -0.39 is 0 Å². The van der Waals surface area contributed by atoms with Gasteiger partial charge in [-0.3, -0.25) is 4.79 Å². The van der Waals surface area contributed by atoms with Gasteiger partial charge in [-0.05, 0) is 40.5 Å². The fourth-order valence-electron chi connectivity index (χ4n) is 1.47. The van der Waals surface area contributed by atoms with E-state index in [2.05, 4.69) is 26.6 Å². The van der Waals surface area contributed by atoms with Crippen LogP contribution in [-0.2, 0) is 4.79 Å². The third-order valence-electron chi connectivity index (χ3n) is 2.45. The van der Waals surface area contributed by atoms with Gasteiger partial charge in [-0.2, -0.15) is 0 Å². The molecule has 0 aliphatic heterocycles. The first-order valence-corrected chi connectivity index (χ1v) is 6.68. The molecule has 0 radical (unpaired) electrons. The van der Waals surface area contributed by atoms with Gasteiger partial charge in [0.25, 0.3) is 0 Å². The predicted molar refractivity (Wildman–Crippen MR) is 75.2 cm³/mol. The van der Waals surface area contributed by atoms with Crippen LogP contribution in [0.15, 0.2) is 16.6 Å². The van der Waals surface area contributed by atoms with Crippen molar-refractivity contribution >= 4 is 27.5 Å². The lowest BCUT2D eigenvalue weighted by Gasteiger charge is -2.11. The summed E-state index contributed by atoms with van der Waals surface area (Å²) in [5.74, 6) is -0.406. The van der Waals surface area contributed by atoms with E-state index in [9.17, 15) is 9.18 Å². The predicted octanol–water partition coefficient (Wildman–Crippen LogP) is 3.22. The molecule has 0 bridgehead atoms. The first-order valence-electron chi connectivity index (χ1n) is 5.89. The normalized spacial score (nSPS) is 10.8. The van der Waals surface area contributed by atoms with Crippen LogP contribution in [0.3, 0.4) is 0 Å². The second-order valence-electron chi connectivity index (χ2n) is 4.49. The number of aryl methyl sites for hydroxylation is 1. The third-order valence-corrected chi connectivity index (χ3v) is 3.05. The van der Waals surface area contributed by atoms with Crippen molar-refractivity contribution in [2.24, 2.45) is 0 Å². The largest absolute Gasteiger partial charge is 0.326 e. The summed E-state index contributed by atoms with van der Waals surface area (Å²) in [6, 6.07) is 3.34. The molecule has 100 valence electrons. The highest BCUT2D eigenvalue weighted by Crippen LogP contribution is 2.24. The minimum Gasteiger partial charge on any atom is -0.326 e. The Kier molecular flexibility index (Phi) is 5.75. The van der Waals surface area contributed by atoms with Crippen molar-refractivity contribution in [3.8, 4) is 0 Å². The summed E-state index contributed by atoms with van der Waals surface area (Å²) in [6.07, 6.45) is 0.395. The van der Waals surface area contributed by atoms with Gasteiger partial charge in [0.15, 0.2) is 0 Å². The number of carbonyl (C=O) groups excluding carboxylic acids is 1. The second-order valence-corrected chi connectivity index (χ2v) is 5.34. The van der Waals surface area contributed by atoms with Crippen LogP contribution in [0.4, 0.5) is 10.1 Å². The lowest BCUT2D eigenvalue weighted by molar-refractivity contribution is -0.116. The summed E-state index contributed by atoms with van der Waals surface area (Å²) in [7, 11) is 0. The van der Waals surface area contributed by atoms with Crippen LogP contribution in [0.2, 0.25) is 0 Å². The highest BCUT2D eigenvalue weighted by Gasteiger charge is 2.08. The van der Waals surface area contributed by atoms with Gasteiger partial charge in [0.05, 0.1) is 4.47 Å². The monoisotopic (exact) mass is 316 g/mol. The molecule has 1 aromatic carbocycles. The zero-order valence-corrected chi connectivity index (χ0v) is 12.4. The lowest BCUT2D eigenvalue weighted by Crippen LogP contribution is -2.27. The van der Waals surface area contributed by atoms with Gasteiger partial charge in [-0.15, -0.1) is 0 Å². The molecule has 1 amide bonds. The van der Waals surface area contributed by atoms with Gasteiger partial charge in [0.2, 0.25) is 5.91 Å². The molecule has 0 aliphatic rings. The number of hydrogen-bond donors (Lipinski definition) is 2. The Bertz CT molecular complexity index is 435. The molecule has 0 aliphatic carbocycles. The maximum atomic E-state index is 13.2. The first kappa shape index (κ1) is 15.1. The number of halogens is 2. The topological polar surface area (TPSA) is 41.1 Å². The van der Waals surface area contributed by atoms with E-state index in [0.717, 1.165) is 0 Å². The van der Waals surface area contributed by atoms with Crippen molar-refractivity contribution in [1.29, 1.82) is 0 Å². The Hall–Kier alpha value is -0.940. The number of hydrogen-bond acceptors (Lipinski definition) is 2. The molecule has 3 nitrogen and oxygen atoms in total. The molecule has 1 aromatic rings. The lowest BCUT2D eigenvalue weighted by atomic mass is 10.2. The van der Waals surface area contributed by atoms with E-state index in [1.165, 1.54) is 6.07 Å². The Morgan fingerprint density at radius 3 is 2.72 bits per heavy atom. The quantitative estimate of drug-likeness (QED) is 0.875. The summed E-state index contributed by atoms with van der Waals surface area (Å²) in [5, 5.41) is 5.94. The average Bonchev–Trinajstić information content (AvgIpc) is 2.25. The molecule has 0 saturated carbocycles. The fraction of sp³-hybridized carbons (Fsp3) is 0.462. The van der Waals surface area contributed by atoms with Crippen LogP contribution in [0.1, 0.15) is 25.8 Å². The Balaban J connectivity index is 2.57. The zero-order valence-electron chi connectivity index (χ0n) is 10.8. The van der Waals surface area contributed by atoms with E-state index in [4.69, 9.17) is 0 Å². The molecule has 0 unspecified atom stereocenters. The van der Waals surface area contributed by atoms with Crippen molar-refractivity contribution in [1.82, 2.24) is 5.32 Å². The van der Waals surface area contributed by atoms with E-state index in [0.29, 0.717) is 34.7 Å². The molecule has 0 spiro atoms. The minimum absolute atomic E-state index is 0.0789. The average molecular weight is 317 g/mol. The molecular formula is C13H18BrFN2O. The smallest absolute Gasteiger partial charge is 0.225 e.